The maximum absolute atomic E-state index is 12.3. The lowest BCUT2D eigenvalue weighted by Crippen LogP contribution is -2.41. The van der Waals surface area contributed by atoms with Crippen molar-refractivity contribution in [3.8, 4) is 0 Å². The predicted octanol–water partition coefficient (Wildman–Crippen LogP) is 0.204. The molecule has 2 fully saturated rings. The number of aliphatic hydroxyl groups is 1. The van der Waals surface area contributed by atoms with E-state index < -0.39 is 6.10 Å². The fraction of sp³-hybridized carbons (Fsp3) is 0.588. The summed E-state index contributed by atoms with van der Waals surface area (Å²) in [6, 6.07) is 8.10. The van der Waals surface area contributed by atoms with Gasteiger partial charge in [0.15, 0.2) is 0 Å². The van der Waals surface area contributed by atoms with Gasteiger partial charge in [-0.2, -0.15) is 0 Å². The van der Waals surface area contributed by atoms with E-state index in [1.165, 1.54) is 5.69 Å². The van der Waals surface area contributed by atoms with Gasteiger partial charge in [-0.3, -0.25) is 4.79 Å². The van der Waals surface area contributed by atoms with Crippen molar-refractivity contribution < 1.29 is 14.6 Å². The first-order valence-electron chi connectivity index (χ1n) is 8.21. The van der Waals surface area contributed by atoms with Gasteiger partial charge >= 0.3 is 0 Å². The average Bonchev–Trinajstić information content (AvgIpc) is 3.02. The Morgan fingerprint density at radius 2 is 2.04 bits per heavy atom. The van der Waals surface area contributed by atoms with Crippen LogP contribution < -0.4 is 10.2 Å². The van der Waals surface area contributed by atoms with Gasteiger partial charge < -0.3 is 25.0 Å². The molecule has 0 bridgehead atoms. The van der Waals surface area contributed by atoms with Gasteiger partial charge in [0.2, 0.25) is 5.91 Å². The highest BCUT2D eigenvalue weighted by atomic mass is 16.5. The Bertz CT molecular complexity index is 528. The number of carbonyl (C=O) groups excluding carboxylic acids is 1. The fourth-order valence-electron chi connectivity index (χ4n) is 3.16. The maximum Gasteiger partial charge on any atom is 0.239 e. The van der Waals surface area contributed by atoms with E-state index in [2.05, 4.69) is 34.5 Å². The largest absolute Gasteiger partial charge is 0.392 e. The lowest BCUT2D eigenvalue weighted by Gasteiger charge is -2.29. The molecule has 3 rings (SSSR count). The summed E-state index contributed by atoms with van der Waals surface area (Å²) in [5.41, 5.74) is 2.31. The number of rotatable bonds is 4. The molecule has 6 nitrogen and oxygen atoms in total. The van der Waals surface area contributed by atoms with Crippen LogP contribution in [0.2, 0.25) is 0 Å². The standard InChI is InChI=1S/C17H25N3O3/c1-19(17(22)16-10-15(21)11-18-16)12-13-2-4-14(5-3-13)20-6-8-23-9-7-20/h2-5,15-16,18,21H,6-12H2,1H3/t15-,16+/m0/s1. The Hall–Kier alpha value is -1.63. The zero-order valence-corrected chi connectivity index (χ0v) is 13.6. The van der Waals surface area contributed by atoms with Gasteiger partial charge in [-0.1, -0.05) is 12.1 Å². The second kappa shape index (κ2) is 7.29. The van der Waals surface area contributed by atoms with Crippen molar-refractivity contribution in [1.29, 1.82) is 0 Å². The smallest absolute Gasteiger partial charge is 0.239 e. The van der Waals surface area contributed by atoms with Crippen LogP contribution in [0.15, 0.2) is 24.3 Å². The number of morpholine rings is 1. The van der Waals surface area contributed by atoms with Crippen LogP contribution in [-0.4, -0.2) is 68.0 Å². The van der Waals surface area contributed by atoms with E-state index in [0.717, 1.165) is 31.9 Å². The fourth-order valence-corrected chi connectivity index (χ4v) is 3.16. The van der Waals surface area contributed by atoms with E-state index in [4.69, 9.17) is 4.74 Å². The third-order valence-electron chi connectivity index (χ3n) is 4.51. The molecule has 2 heterocycles. The molecule has 1 aromatic rings. The van der Waals surface area contributed by atoms with Gasteiger partial charge in [0.05, 0.1) is 25.4 Å². The normalized spacial score (nSPS) is 24.7. The van der Waals surface area contributed by atoms with E-state index in [1.807, 2.05) is 7.05 Å². The highest BCUT2D eigenvalue weighted by Gasteiger charge is 2.29. The Kier molecular flexibility index (Phi) is 5.15. The molecule has 0 radical (unpaired) electrons. The van der Waals surface area contributed by atoms with Crippen molar-refractivity contribution in [2.24, 2.45) is 0 Å². The summed E-state index contributed by atoms with van der Waals surface area (Å²) in [7, 11) is 1.81. The topological polar surface area (TPSA) is 65.0 Å². The molecule has 0 aliphatic carbocycles. The highest BCUT2D eigenvalue weighted by Crippen LogP contribution is 2.18. The maximum atomic E-state index is 12.3. The van der Waals surface area contributed by atoms with Gasteiger partial charge in [-0.05, 0) is 24.1 Å². The number of β-amino-alcohol motifs (C(OH)–C–C–N with tert-alkyl or cyclic N) is 1. The SMILES string of the molecule is CN(Cc1ccc(N2CCOCC2)cc1)C(=O)[C@H]1C[C@H](O)CN1. The van der Waals surface area contributed by atoms with Crippen molar-refractivity contribution in [3.05, 3.63) is 29.8 Å². The van der Waals surface area contributed by atoms with Crippen LogP contribution in [0.4, 0.5) is 5.69 Å². The molecule has 1 aromatic carbocycles. The van der Waals surface area contributed by atoms with Crippen LogP contribution in [-0.2, 0) is 16.1 Å². The molecule has 0 saturated carbocycles. The van der Waals surface area contributed by atoms with Crippen molar-refractivity contribution >= 4 is 11.6 Å². The summed E-state index contributed by atoms with van der Waals surface area (Å²) >= 11 is 0. The van der Waals surface area contributed by atoms with E-state index in [9.17, 15) is 9.90 Å². The molecule has 0 aromatic heterocycles. The minimum atomic E-state index is -0.412. The Balaban J connectivity index is 1.56. The molecule has 0 spiro atoms. The number of benzene rings is 1. The number of hydrogen-bond acceptors (Lipinski definition) is 5. The molecule has 2 aliphatic heterocycles. The van der Waals surface area contributed by atoms with Crippen LogP contribution in [0, 0.1) is 0 Å². The molecule has 1 amide bonds. The second-order valence-electron chi connectivity index (χ2n) is 6.31. The monoisotopic (exact) mass is 319 g/mol. The van der Waals surface area contributed by atoms with Crippen LogP contribution in [0.3, 0.4) is 0 Å². The van der Waals surface area contributed by atoms with Crippen LogP contribution in [0.5, 0.6) is 0 Å². The van der Waals surface area contributed by atoms with Crippen molar-refractivity contribution in [1.82, 2.24) is 10.2 Å². The first-order valence-corrected chi connectivity index (χ1v) is 8.21. The van der Waals surface area contributed by atoms with E-state index in [-0.39, 0.29) is 11.9 Å². The van der Waals surface area contributed by atoms with Gasteiger partial charge in [0, 0.05) is 38.9 Å². The third-order valence-corrected chi connectivity index (χ3v) is 4.51. The average molecular weight is 319 g/mol. The first kappa shape index (κ1) is 16.2. The summed E-state index contributed by atoms with van der Waals surface area (Å²) in [5.74, 6) is 0.0406. The van der Waals surface area contributed by atoms with Crippen molar-refractivity contribution in [2.45, 2.75) is 25.1 Å². The molecule has 2 N–H and O–H groups in total. The second-order valence-corrected chi connectivity index (χ2v) is 6.31. The van der Waals surface area contributed by atoms with Gasteiger partial charge in [-0.25, -0.2) is 0 Å². The third kappa shape index (κ3) is 4.02. The van der Waals surface area contributed by atoms with E-state index in [0.29, 0.717) is 19.5 Å². The highest BCUT2D eigenvalue weighted by molar-refractivity contribution is 5.82. The number of nitrogens with zero attached hydrogens (tertiary/aromatic N) is 2. The van der Waals surface area contributed by atoms with Crippen molar-refractivity contribution in [3.63, 3.8) is 0 Å². The van der Waals surface area contributed by atoms with E-state index >= 15 is 0 Å². The van der Waals surface area contributed by atoms with Crippen molar-refractivity contribution in [2.75, 3.05) is 44.8 Å². The lowest BCUT2D eigenvalue weighted by molar-refractivity contribution is -0.132. The zero-order chi connectivity index (χ0) is 16.2. The quantitative estimate of drug-likeness (QED) is 0.830. The Morgan fingerprint density at radius 1 is 1.35 bits per heavy atom. The lowest BCUT2D eigenvalue weighted by atomic mass is 10.1. The van der Waals surface area contributed by atoms with E-state index in [1.54, 1.807) is 4.90 Å². The molecule has 2 saturated heterocycles. The summed E-state index contributed by atoms with van der Waals surface area (Å²) in [4.78, 5) is 16.4. The molecule has 2 atom stereocenters. The molecule has 0 unspecified atom stereocenters. The van der Waals surface area contributed by atoms with Gasteiger partial charge in [0.1, 0.15) is 0 Å². The Labute approximate surface area is 137 Å². The number of anilines is 1. The Morgan fingerprint density at radius 3 is 2.65 bits per heavy atom. The zero-order valence-electron chi connectivity index (χ0n) is 13.6. The predicted molar refractivity (Wildman–Crippen MR) is 88.4 cm³/mol. The number of ether oxygens (including phenoxy) is 1. The first-order chi connectivity index (χ1) is 11.1. The molecule has 6 heteroatoms. The van der Waals surface area contributed by atoms with Gasteiger partial charge in [-0.15, -0.1) is 0 Å². The number of hydrogen-bond donors (Lipinski definition) is 2. The van der Waals surface area contributed by atoms with Crippen LogP contribution in [0.1, 0.15) is 12.0 Å². The summed E-state index contributed by atoms with van der Waals surface area (Å²) < 4.78 is 5.37. The summed E-state index contributed by atoms with van der Waals surface area (Å²) in [5, 5.41) is 12.6. The number of aliphatic hydroxyl groups excluding tert-OH is 1. The number of nitrogens with one attached hydrogen (secondary N) is 1. The number of amides is 1. The summed E-state index contributed by atoms with van der Waals surface area (Å²) in [6.07, 6.45) is 0.0873. The number of carbonyl (C=O) groups is 1. The summed E-state index contributed by atoms with van der Waals surface area (Å²) in [6.45, 7) is 4.48. The molecular weight excluding hydrogens is 294 g/mol. The minimum Gasteiger partial charge on any atom is -0.392 e. The molecule has 126 valence electrons. The van der Waals surface area contributed by atoms with Gasteiger partial charge in [0.25, 0.3) is 0 Å². The molecule has 2 aliphatic rings. The minimum absolute atomic E-state index is 0.0406. The molecule has 23 heavy (non-hydrogen) atoms. The number of likely N-dealkylation sites (N-methyl/N-ethyl adjacent to an activating group) is 1. The van der Waals surface area contributed by atoms with Crippen LogP contribution >= 0.6 is 0 Å². The molecular formula is C17H25N3O3. The van der Waals surface area contributed by atoms with Crippen LogP contribution in [0.25, 0.3) is 0 Å².